The van der Waals surface area contributed by atoms with Gasteiger partial charge in [0.15, 0.2) is 0 Å². The zero-order valence-corrected chi connectivity index (χ0v) is 7.89. The summed E-state index contributed by atoms with van der Waals surface area (Å²) in [6.45, 7) is 7.91. The van der Waals surface area contributed by atoms with Gasteiger partial charge in [0.1, 0.15) is 0 Å². The van der Waals surface area contributed by atoms with Gasteiger partial charge >= 0.3 is 0 Å². The largest absolute Gasteiger partial charge is 0.353 e. The second kappa shape index (κ2) is 6.65. The molecule has 0 spiro atoms. The molecule has 0 atom stereocenters. The summed E-state index contributed by atoms with van der Waals surface area (Å²) >= 11 is 0. The highest BCUT2D eigenvalue weighted by Crippen LogP contribution is 2.02. The highest BCUT2D eigenvalue weighted by atomic mass is 16.1. The van der Waals surface area contributed by atoms with Crippen LogP contribution in [0.1, 0.15) is 26.7 Å². The predicted molar refractivity (Wildman–Crippen MR) is 51.9 cm³/mol. The van der Waals surface area contributed by atoms with Gasteiger partial charge in [-0.15, -0.1) is 0 Å². The van der Waals surface area contributed by atoms with Gasteiger partial charge < -0.3 is 5.32 Å². The van der Waals surface area contributed by atoms with Crippen LogP contribution in [0.4, 0.5) is 0 Å². The molecule has 0 heterocycles. The number of carbonyl (C=O) groups is 1. The summed E-state index contributed by atoms with van der Waals surface area (Å²) in [6.07, 6.45) is 5.83. The fourth-order valence-electron chi connectivity index (χ4n) is 0.956. The highest BCUT2D eigenvalue weighted by Gasteiger charge is 1.95. The number of amides is 1. The summed E-state index contributed by atoms with van der Waals surface area (Å²) in [5.41, 5.74) is 1.22. The van der Waals surface area contributed by atoms with Crippen LogP contribution in [-0.4, -0.2) is 12.5 Å². The molecule has 2 nitrogen and oxygen atoms in total. The molecule has 1 N–H and O–H groups in total. The van der Waals surface area contributed by atoms with E-state index >= 15 is 0 Å². The van der Waals surface area contributed by atoms with Crippen LogP contribution < -0.4 is 5.32 Å². The fourth-order valence-corrected chi connectivity index (χ4v) is 0.956. The van der Waals surface area contributed by atoms with Crippen molar-refractivity contribution in [3.8, 4) is 0 Å². The van der Waals surface area contributed by atoms with Gasteiger partial charge in [0.2, 0.25) is 5.91 Å². The Labute approximate surface area is 74.4 Å². The van der Waals surface area contributed by atoms with Gasteiger partial charge in [-0.2, -0.15) is 0 Å². The first-order chi connectivity index (χ1) is 5.70. The molecular weight excluding hydrogens is 150 g/mol. The molecule has 68 valence electrons. The van der Waals surface area contributed by atoms with Crippen LogP contribution >= 0.6 is 0 Å². The van der Waals surface area contributed by atoms with Gasteiger partial charge in [0.05, 0.1) is 0 Å². The molecule has 0 aliphatic heterocycles. The summed E-state index contributed by atoms with van der Waals surface area (Å²) in [5, 5.41) is 2.76. The van der Waals surface area contributed by atoms with E-state index in [1.807, 2.05) is 6.08 Å². The monoisotopic (exact) mass is 167 g/mol. The molecule has 0 aromatic carbocycles. The third-order valence-corrected chi connectivity index (χ3v) is 1.49. The minimum absolute atomic E-state index is 0.0149. The van der Waals surface area contributed by atoms with Crippen LogP contribution in [0.15, 0.2) is 24.3 Å². The molecule has 0 unspecified atom stereocenters. The first kappa shape index (κ1) is 11.0. The number of hydrogen-bond donors (Lipinski definition) is 1. The normalized spacial score (nSPS) is 11.0. The Hall–Kier alpha value is -1.05. The Morgan fingerprint density at radius 1 is 1.58 bits per heavy atom. The van der Waals surface area contributed by atoms with E-state index in [4.69, 9.17) is 0 Å². The maximum atomic E-state index is 10.6. The number of allylic oxidation sites excluding steroid dienone is 2. The highest BCUT2D eigenvalue weighted by molar-refractivity contribution is 5.73. The Morgan fingerprint density at radius 3 is 2.67 bits per heavy atom. The maximum Gasteiger partial charge on any atom is 0.217 e. The van der Waals surface area contributed by atoms with Crippen LogP contribution in [0.3, 0.4) is 0 Å². The van der Waals surface area contributed by atoms with E-state index in [1.54, 1.807) is 6.08 Å². The molecule has 2 heteroatoms. The third-order valence-electron chi connectivity index (χ3n) is 1.49. The number of nitrogens with one attached hydrogen (secondary N) is 1. The Balaban J connectivity index is 3.87. The van der Waals surface area contributed by atoms with Gasteiger partial charge in [-0.1, -0.05) is 37.6 Å². The van der Waals surface area contributed by atoms with Crippen molar-refractivity contribution >= 4 is 5.91 Å². The molecule has 1 amide bonds. The van der Waals surface area contributed by atoms with Crippen molar-refractivity contribution in [2.24, 2.45) is 0 Å². The molecule has 0 aromatic rings. The zero-order chi connectivity index (χ0) is 9.40. The molecule has 0 fully saturated rings. The molecule has 0 bridgehead atoms. The minimum Gasteiger partial charge on any atom is -0.353 e. The van der Waals surface area contributed by atoms with E-state index in [2.05, 4.69) is 18.8 Å². The van der Waals surface area contributed by atoms with E-state index in [0.717, 1.165) is 12.8 Å². The van der Waals surface area contributed by atoms with Crippen LogP contribution in [0.2, 0.25) is 0 Å². The molecule has 0 rings (SSSR count). The zero-order valence-electron chi connectivity index (χ0n) is 7.89. The minimum atomic E-state index is 0.0149. The number of rotatable bonds is 5. The lowest BCUT2D eigenvalue weighted by molar-refractivity contribution is -0.118. The van der Waals surface area contributed by atoms with Crippen molar-refractivity contribution in [2.75, 3.05) is 6.54 Å². The van der Waals surface area contributed by atoms with Crippen molar-refractivity contribution < 1.29 is 4.79 Å². The summed E-state index contributed by atoms with van der Waals surface area (Å²) in [4.78, 5) is 10.6. The van der Waals surface area contributed by atoms with Crippen LogP contribution in [0.25, 0.3) is 0 Å². The van der Waals surface area contributed by atoms with E-state index < -0.39 is 0 Å². The standard InChI is InChI=1S/C10H17NO/c1-4-6-10(7-5-2)8-11-9(3)12/h4,6H,1,5,7-8H2,2-3H3,(H,11,12)/b10-6+. The van der Waals surface area contributed by atoms with E-state index in [9.17, 15) is 4.79 Å². The third kappa shape index (κ3) is 5.71. The smallest absolute Gasteiger partial charge is 0.217 e. The lowest BCUT2D eigenvalue weighted by Crippen LogP contribution is -2.22. The second-order valence-electron chi connectivity index (χ2n) is 2.72. The van der Waals surface area contributed by atoms with Crippen molar-refractivity contribution in [3.63, 3.8) is 0 Å². The Morgan fingerprint density at radius 2 is 2.25 bits per heavy atom. The topological polar surface area (TPSA) is 29.1 Å². The fraction of sp³-hybridized carbons (Fsp3) is 0.500. The summed E-state index contributed by atoms with van der Waals surface area (Å²) in [5.74, 6) is 0.0149. The molecule has 0 saturated heterocycles. The van der Waals surface area contributed by atoms with Gasteiger partial charge in [0.25, 0.3) is 0 Å². The van der Waals surface area contributed by atoms with Crippen LogP contribution in [0.5, 0.6) is 0 Å². The van der Waals surface area contributed by atoms with E-state index in [0.29, 0.717) is 6.54 Å². The average Bonchev–Trinajstić information content (AvgIpc) is 2.01. The lowest BCUT2D eigenvalue weighted by Gasteiger charge is -2.05. The van der Waals surface area contributed by atoms with Crippen molar-refractivity contribution in [2.45, 2.75) is 26.7 Å². The average molecular weight is 167 g/mol. The molecule has 0 saturated carbocycles. The molecule has 0 aliphatic carbocycles. The second-order valence-corrected chi connectivity index (χ2v) is 2.72. The Bertz CT molecular complexity index is 182. The first-order valence-corrected chi connectivity index (χ1v) is 4.25. The van der Waals surface area contributed by atoms with E-state index in [1.165, 1.54) is 12.5 Å². The van der Waals surface area contributed by atoms with E-state index in [-0.39, 0.29) is 5.91 Å². The van der Waals surface area contributed by atoms with Gasteiger partial charge in [0, 0.05) is 13.5 Å². The van der Waals surface area contributed by atoms with Crippen LogP contribution in [0, 0.1) is 0 Å². The van der Waals surface area contributed by atoms with Gasteiger partial charge in [-0.25, -0.2) is 0 Å². The molecule has 0 radical (unpaired) electrons. The maximum absolute atomic E-state index is 10.6. The molecule has 0 aromatic heterocycles. The predicted octanol–water partition coefficient (Wildman–Crippen LogP) is 2.04. The summed E-state index contributed by atoms with van der Waals surface area (Å²) in [7, 11) is 0. The first-order valence-electron chi connectivity index (χ1n) is 4.25. The van der Waals surface area contributed by atoms with Crippen molar-refractivity contribution in [1.29, 1.82) is 0 Å². The SMILES string of the molecule is C=C/C=C(\CCC)CNC(C)=O. The molecular formula is C10H17NO. The van der Waals surface area contributed by atoms with Crippen LogP contribution in [-0.2, 0) is 4.79 Å². The quantitative estimate of drug-likeness (QED) is 0.624. The number of carbonyl (C=O) groups excluding carboxylic acids is 1. The van der Waals surface area contributed by atoms with Crippen molar-refractivity contribution in [1.82, 2.24) is 5.32 Å². The molecule has 12 heavy (non-hydrogen) atoms. The number of hydrogen-bond acceptors (Lipinski definition) is 1. The van der Waals surface area contributed by atoms with Gasteiger partial charge in [-0.05, 0) is 6.42 Å². The summed E-state index contributed by atoms with van der Waals surface area (Å²) < 4.78 is 0. The van der Waals surface area contributed by atoms with Gasteiger partial charge in [-0.3, -0.25) is 4.79 Å². The summed E-state index contributed by atoms with van der Waals surface area (Å²) in [6, 6.07) is 0. The lowest BCUT2D eigenvalue weighted by atomic mass is 10.1. The molecule has 0 aliphatic rings. The Kier molecular flexibility index (Phi) is 6.07. The van der Waals surface area contributed by atoms with Crippen molar-refractivity contribution in [3.05, 3.63) is 24.3 Å².